The first kappa shape index (κ1) is 23.7. The number of benzene rings is 2. The molecule has 0 unspecified atom stereocenters. The molecular weight excluding hydrogens is 432 g/mol. The summed E-state index contributed by atoms with van der Waals surface area (Å²) in [7, 11) is -1.08. The third-order valence-corrected chi connectivity index (χ3v) is 6.54. The van der Waals surface area contributed by atoms with Crippen molar-refractivity contribution in [3.05, 3.63) is 36.4 Å². The van der Waals surface area contributed by atoms with E-state index in [4.69, 9.17) is 14.2 Å². The lowest BCUT2D eigenvalue weighted by Crippen LogP contribution is -2.43. The number of ether oxygens (including phenoxy) is 3. The van der Waals surface area contributed by atoms with Crippen LogP contribution in [0.3, 0.4) is 0 Å². The largest absolute Gasteiger partial charge is 0.497 e. The summed E-state index contributed by atoms with van der Waals surface area (Å²) in [5.74, 6) is 1.32. The van der Waals surface area contributed by atoms with E-state index in [0.29, 0.717) is 29.4 Å². The smallest absolute Gasteiger partial charge is 0.265 e. The fourth-order valence-electron chi connectivity index (χ4n) is 3.46. The maximum Gasteiger partial charge on any atom is 0.265 e. The molecule has 0 aromatic heterocycles. The zero-order valence-electron chi connectivity index (χ0n) is 19.3. The molecular formula is C23H30N2O6S. The number of amides is 1. The van der Waals surface area contributed by atoms with Crippen molar-refractivity contribution in [2.75, 3.05) is 37.0 Å². The number of sulfonamides is 1. The van der Waals surface area contributed by atoms with E-state index in [1.165, 1.54) is 26.4 Å². The van der Waals surface area contributed by atoms with Crippen LogP contribution in [-0.4, -0.2) is 41.7 Å². The molecule has 2 aromatic carbocycles. The highest BCUT2D eigenvalue weighted by molar-refractivity contribution is 7.92. The molecule has 0 fully saturated rings. The number of nitrogens with zero attached hydrogens (tertiary/aromatic N) is 1. The van der Waals surface area contributed by atoms with Gasteiger partial charge in [-0.3, -0.25) is 9.52 Å². The first-order chi connectivity index (χ1) is 15.0. The summed E-state index contributed by atoms with van der Waals surface area (Å²) in [6, 6.07) is 9.40. The molecule has 1 N–H and O–H groups in total. The zero-order chi connectivity index (χ0) is 23.7. The van der Waals surface area contributed by atoms with E-state index in [-0.39, 0.29) is 29.1 Å². The molecule has 1 aliphatic rings. The van der Waals surface area contributed by atoms with E-state index in [9.17, 15) is 13.2 Å². The maximum atomic E-state index is 13.2. The summed E-state index contributed by atoms with van der Waals surface area (Å²) in [5.41, 5.74) is 0.145. The van der Waals surface area contributed by atoms with Gasteiger partial charge in [0.1, 0.15) is 28.8 Å². The molecule has 1 aliphatic heterocycles. The Morgan fingerprint density at radius 2 is 1.84 bits per heavy atom. The summed E-state index contributed by atoms with van der Waals surface area (Å²) >= 11 is 0. The number of hydrogen-bond acceptors (Lipinski definition) is 6. The van der Waals surface area contributed by atoms with Crippen LogP contribution in [0.5, 0.6) is 17.2 Å². The van der Waals surface area contributed by atoms with Gasteiger partial charge in [0.25, 0.3) is 10.0 Å². The molecule has 0 radical (unpaired) electrons. The second kappa shape index (κ2) is 8.90. The Labute approximate surface area is 189 Å². The lowest BCUT2D eigenvalue weighted by molar-refractivity contribution is -0.127. The van der Waals surface area contributed by atoms with Crippen molar-refractivity contribution in [1.82, 2.24) is 0 Å². The second-order valence-corrected chi connectivity index (χ2v) is 10.4. The number of nitrogens with one attached hydrogen (secondary N) is 1. The van der Waals surface area contributed by atoms with Crippen LogP contribution in [-0.2, 0) is 14.8 Å². The van der Waals surface area contributed by atoms with Crippen molar-refractivity contribution in [3.8, 4) is 17.2 Å². The molecule has 8 nitrogen and oxygen atoms in total. The molecule has 0 aliphatic carbocycles. The summed E-state index contributed by atoms with van der Waals surface area (Å²) in [5, 5.41) is 0. The predicted octanol–water partition coefficient (Wildman–Crippen LogP) is 3.91. The second-order valence-electron chi connectivity index (χ2n) is 8.79. The molecule has 0 spiro atoms. The van der Waals surface area contributed by atoms with Crippen molar-refractivity contribution >= 4 is 27.3 Å². The van der Waals surface area contributed by atoms with Crippen LogP contribution in [0.2, 0.25) is 0 Å². The standard InChI is InChI=1S/C23H30N2O6S/c1-15(2)13-25-18-11-16(7-9-19(18)31-14-23(3,4)22(25)26)24-32(27,28)21-10-8-17(29-5)12-20(21)30-6/h7-12,15,24H,13-14H2,1-6H3. The van der Waals surface area contributed by atoms with E-state index in [1.54, 1.807) is 29.2 Å². The summed E-state index contributed by atoms with van der Waals surface area (Å²) in [6.07, 6.45) is 0. The summed E-state index contributed by atoms with van der Waals surface area (Å²) in [6.45, 7) is 8.45. The van der Waals surface area contributed by atoms with Gasteiger partial charge in [-0.1, -0.05) is 13.8 Å². The van der Waals surface area contributed by atoms with Crippen LogP contribution in [0, 0.1) is 11.3 Å². The molecule has 2 aromatic rings. The van der Waals surface area contributed by atoms with Crippen molar-refractivity contribution in [2.24, 2.45) is 11.3 Å². The van der Waals surface area contributed by atoms with Crippen LogP contribution in [0.4, 0.5) is 11.4 Å². The maximum absolute atomic E-state index is 13.2. The Morgan fingerprint density at radius 1 is 1.12 bits per heavy atom. The average molecular weight is 463 g/mol. The third-order valence-electron chi connectivity index (χ3n) is 5.12. The lowest BCUT2D eigenvalue weighted by Gasteiger charge is -2.29. The molecule has 0 saturated carbocycles. The van der Waals surface area contributed by atoms with Crippen LogP contribution in [0.1, 0.15) is 27.7 Å². The lowest BCUT2D eigenvalue weighted by atomic mass is 9.92. The number of carbonyl (C=O) groups is 1. The molecule has 32 heavy (non-hydrogen) atoms. The number of rotatable bonds is 7. The van der Waals surface area contributed by atoms with Crippen LogP contribution in [0.15, 0.2) is 41.3 Å². The Hall–Kier alpha value is -2.94. The minimum atomic E-state index is -3.97. The number of carbonyl (C=O) groups excluding carboxylic acids is 1. The Balaban J connectivity index is 2.01. The number of hydrogen-bond donors (Lipinski definition) is 1. The highest BCUT2D eigenvalue weighted by atomic mass is 32.2. The predicted molar refractivity (Wildman–Crippen MR) is 123 cm³/mol. The van der Waals surface area contributed by atoms with E-state index in [2.05, 4.69) is 4.72 Å². The summed E-state index contributed by atoms with van der Waals surface area (Å²) in [4.78, 5) is 14.9. The first-order valence-electron chi connectivity index (χ1n) is 10.3. The molecule has 3 rings (SSSR count). The van der Waals surface area contributed by atoms with Gasteiger partial charge in [-0.2, -0.15) is 0 Å². The van der Waals surface area contributed by atoms with Gasteiger partial charge >= 0.3 is 0 Å². The Morgan fingerprint density at radius 3 is 2.47 bits per heavy atom. The van der Waals surface area contributed by atoms with Crippen molar-refractivity contribution in [3.63, 3.8) is 0 Å². The molecule has 0 saturated heterocycles. The topological polar surface area (TPSA) is 94.2 Å². The molecule has 9 heteroatoms. The van der Waals surface area contributed by atoms with Gasteiger partial charge in [-0.25, -0.2) is 8.42 Å². The Kier molecular flexibility index (Phi) is 6.59. The number of fused-ring (bicyclic) bond motifs is 1. The number of anilines is 2. The SMILES string of the molecule is COc1ccc(S(=O)(=O)Nc2ccc3c(c2)N(CC(C)C)C(=O)C(C)(C)CO3)c(OC)c1. The monoisotopic (exact) mass is 462 g/mol. The third kappa shape index (κ3) is 4.77. The van der Waals surface area contributed by atoms with Gasteiger partial charge in [-0.15, -0.1) is 0 Å². The van der Waals surface area contributed by atoms with Gasteiger partial charge in [-0.05, 0) is 50.1 Å². The van der Waals surface area contributed by atoms with Crippen LogP contribution < -0.4 is 23.8 Å². The highest BCUT2D eigenvalue weighted by Gasteiger charge is 2.38. The van der Waals surface area contributed by atoms with Crippen LogP contribution >= 0.6 is 0 Å². The first-order valence-corrected chi connectivity index (χ1v) is 11.8. The molecule has 1 amide bonds. The quantitative estimate of drug-likeness (QED) is 0.670. The van der Waals surface area contributed by atoms with Gasteiger partial charge < -0.3 is 19.1 Å². The van der Waals surface area contributed by atoms with Crippen molar-refractivity contribution in [2.45, 2.75) is 32.6 Å². The van der Waals surface area contributed by atoms with Gasteiger partial charge in [0.2, 0.25) is 5.91 Å². The fourth-order valence-corrected chi connectivity index (χ4v) is 4.66. The van der Waals surface area contributed by atoms with Crippen molar-refractivity contribution < 1.29 is 27.4 Å². The minimum absolute atomic E-state index is 0.0248. The molecule has 174 valence electrons. The molecule has 0 bridgehead atoms. The van der Waals surface area contributed by atoms with E-state index in [1.807, 2.05) is 27.7 Å². The number of methoxy groups -OCH3 is 2. The van der Waals surface area contributed by atoms with Gasteiger partial charge in [0, 0.05) is 12.6 Å². The Bertz CT molecular complexity index is 1110. The highest BCUT2D eigenvalue weighted by Crippen LogP contribution is 2.39. The zero-order valence-corrected chi connectivity index (χ0v) is 20.1. The van der Waals surface area contributed by atoms with E-state index < -0.39 is 15.4 Å². The summed E-state index contributed by atoms with van der Waals surface area (Å²) < 4.78 is 45.1. The fraction of sp³-hybridized carbons (Fsp3) is 0.435. The minimum Gasteiger partial charge on any atom is -0.497 e. The van der Waals surface area contributed by atoms with Crippen molar-refractivity contribution in [1.29, 1.82) is 0 Å². The van der Waals surface area contributed by atoms with Crippen LogP contribution in [0.25, 0.3) is 0 Å². The van der Waals surface area contributed by atoms with Gasteiger partial charge in [0.15, 0.2) is 0 Å². The van der Waals surface area contributed by atoms with Gasteiger partial charge in [0.05, 0.1) is 31.0 Å². The molecule has 1 heterocycles. The van der Waals surface area contributed by atoms with E-state index in [0.717, 1.165) is 0 Å². The normalized spacial score (nSPS) is 15.6. The molecule has 0 atom stereocenters. The average Bonchev–Trinajstić information content (AvgIpc) is 2.83. The van der Waals surface area contributed by atoms with E-state index >= 15 is 0 Å².